The molecule has 5 heteroatoms. The van der Waals surface area contributed by atoms with Crippen LogP contribution in [0.15, 0.2) is 60.7 Å². The molecule has 3 rings (SSSR count). The molecule has 0 spiro atoms. The van der Waals surface area contributed by atoms with Crippen LogP contribution in [-0.2, 0) is 6.54 Å². The number of hydrogen-bond acceptors (Lipinski definition) is 4. The van der Waals surface area contributed by atoms with Crippen molar-refractivity contribution in [2.45, 2.75) is 13.5 Å². The maximum Gasteiger partial charge on any atom is 0.136 e. The van der Waals surface area contributed by atoms with E-state index in [4.69, 9.17) is 11.6 Å². The molecule has 0 aliphatic rings. The highest BCUT2D eigenvalue weighted by molar-refractivity contribution is 6.30. The van der Waals surface area contributed by atoms with Gasteiger partial charge in [0, 0.05) is 30.4 Å². The second kappa shape index (κ2) is 7.32. The standard InChI is InChI=1S/C19H19ClN4/c1-14-21-18(23-17-10-6-9-16(20)11-17)12-19(22-14)24(2)13-15-7-4-3-5-8-15/h3-12H,13H2,1-2H3,(H,21,22,23). The van der Waals surface area contributed by atoms with Crippen LogP contribution in [0.1, 0.15) is 11.4 Å². The average molecular weight is 339 g/mol. The summed E-state index contributed by atoms with van der Waals surface area (Å²) in [6, 6.07) is 19.8. The summed E-state index contributed by atoms with van der Waals surface area (Å²) in [7, 11) is 2.03. The molecule has 1 N–H and O–H groups in total. The summed E-state index contributed by atoms with van der Waals surface area (Å²) in [5, 5.41) is 3.97. The second-order valence-electron chi connectivity index (χ2n) is 5.64. The van der Waals surface area contributed by atoms with Gasteiger partial charge in [0.15, 0.2) is 0 Å². The number of rotatable bonds is 5. The van der Waals surface area contributed by atoms with Crippen molar-refractivity contribution in [1.29, 1.82) is 0 Å². The fourth-order valence-electron chi connectivity index (χ4n) is 2.46. The summed E-state index contributed by atoms with van der Waals surface area (Å²) >= 11 is 6.03. The highest BCUT2D eigenvalue weighted by Gasteiger charge is 2.08. The first-order valence-corrected chi connectivity index (χ1v) is 8.11. The Morgan fingerprint density at radius 2 is 1.79 bits per heavy atom. The first kappa shape index (κ1) is 16.3. The van der Waals surface area contributed by atoms with Gasteiger partial charge >= 0.3 is 0 Å². The smallest absolute Gasteiger partial charge is 0.136 e. The van der Waals surface area contributed by atoms with E-state index in [2.05, 4.69) is 32.3 Å². The molecule has 2 aromatic carbocycles. The number of nitrogens with zero attached hydrogens (tertiary/aromatic N) is 3. The van der Waals surface area contributed by atoms with Gasteiger partial charge in [-0.25, -0.2) is 9.97 Å². The van der Waals surface area contributed by atoms with Gasteiger partial charge in [-0.1, -0.05) is 48.0 Å². The van der Waals surface area contributed by atoms with Crippen LogP contribution in [0.5, 0.6) is 0 Å². The van der Waals surface area contributed by atoms with Crippen molar-refractivity contribution < 1.29 is 0 Å². The molecule has 1 aromatic heterocycles. The maximum atomic E-state index is 6.03. The molecule has 0 unspecified atom stereocenters. The second-order valence-corrected chi connectivity index (χ2v) is 6.07. The third kappa shape index (κ3) is 4.24. The number of aryl methyl sites for hydroxylation is 1. The molecule has 0 aliphatic carbocycles. The fourth-order valence-corrected chi connectivity index (χ4v) is 2.65. The molecule has 0 aliphatic heterocycles. The topological polar surface area (TPSA) is 41.1 Å². The Bertz CT molecular complexity index is 821. The van der Waals surface area contributed by atoms with Crippen LogP contribution in [0.4, 0.5) is 17.3 Å². The summed E-state index contributed by atoms with van der Waals surface area (Å²) in [5.41, 5.74) is 2.14. The van der Waals surface area contributed by atoms with E-state index in [-0.39, 0.29) is 0 Å². The van der Waals surface area contributed by atoms with E-state index < -0.39 is 0 Å². The molecule has 0 atom stereocenters. The summed E-state index contributed by atoms with van der Waals surface area (Å²) in [5.74, 6) is 2.34. The SMILES string of the molecule is Cc1nc(Nc2cccc(Cl)c2)cc(N(C)Cc2ccccc2)n1. The predicted octanol–water partition coefficient (Wildman–Crippen LogP) is 4.82. The van der Waals surface area contributed by atoms with E-state index in [9.17, 15) is 0 Å². The molecule has 122 valence electrons. The lowest BCUT2D eigenvalue weighted by Crippen LogP contribution is -2.18. The Hall–Kier alpha value is -2.59. The molecular formula is C19H19ClN4. The zero-order chi connectivity index (χ0) is 16.9. The summed E-state index contributed by atoms with van der Waals surface area (Å²) in [6.07, 6.45) is 0. The van der Waals surface area contributed by atoms with Crippen LogP contribution in [0.2, 0.25) is 5.02 Å². The van der Waals surface area contributed by atoms with E-state index >= 15 is 0 Å². The molecule has 0 saturated carbocycles. The van der Waals surface area contributed by atoms with Gasteiger partial charge in [0.1, 0.15) is 17.5 Å². The van der Waals surface area contributed by atoms with Crippen LogP contribution < -0.4 is 10.2 Å². The molecule has 1 heterocycles. The first-order valence-electron chi connectivity index (χ1n) is 7.73. The lowest BCUT2D eigenvalue weighted by Gasteiger charge is -2.19. The average Bonchev–Trinajstić information content (AvgIpc) is 2.55. The normalized spacial score (nSPS) is 10.5. The van der Waals surface area contributed by atoms with Gasteiger partial charge in [-0.3, -0.25) is 0 Å². The van der Waals surface area contributed by atoms with Gasteiger partial charge in [0.25, 0.3) is 0 Å². The van der Waals surface area contributed by atoms with Crippen LogP contribution in [0.3, 0.4) is 0 Å². The molecule has 0 amide bonds. The van der Waals surface area contributed by atoms with E-state index in [1.807, 2.05) is 62.5 Å². The molecule has 0 saturated heterocycles. The minimum atomic E-state index is 0.687. The fraction of sp³-hybridized carbons (Fsp3) is 0.158. The lowest BCUT2D eigenvalue weighted by molar-refractivity contribution is 0.880. The molecule has 0 fully saturated rings. The van der Waals surface area contributed by atoms with Crippen molar-refractivity contribution in [1.82, 2.24) is 9.97 Å². The molecule has 24 heavy (non-hydrogen) atoms. The highest BCUT2D eigenvalue weighted by Crippen LogP contribution is 2.22. The molecule has 4 nitrogen and oxygen atoms in total. The number of hydrogen-bond donors (Lipinski definition) is 1. The predicted molar refractivity (Wildman–Crippen MR) is 100 cm³/mol. The van der Waals surface area contributed by atoms with Crippen molar-refractivity contribution in [3.63, 3.8) is 0 Å². The molecule has 0 radical (unpaired) electrons. The Labute approximate surface area is 147 Å². The Balaban J connectivity index is 1.80. The third-order valence-corrected chi connectivity index (χ3v) is 3.81. The largest absolute Gasteiger partial charge is 0.355 e. The van der Waals surface area contributed by atoms with Crippen molar-refractivity contribution in [3.05, 3.63) is 77.1 Å². The van der Waals surface area contributed by atoms with E-state index in [1.165, 1.54) is 5.56 Å². The minimum Gasteiger partial charge on any atom is -0.355 e. The van der Waals surface area contributed by atoms with Gasteiger partial charge in [-0.2, -0.15) is 0 Å². The quantitative estimate of drug-likeness (QED) is 0.724. The summed E-state index contributed by atoms with van der Waals surface area (Å²) < 4.78 is 0. The lowest BCUT2D eigenvalue weighted by atomic mass is 10.2. The zero-order valence-electron chi connectivity index (χ0n) is 13.7. The van der Waals surface area contributed by atoms with Gasteiger partial charge < -0.3 is 10.2 Å². The molecule has 3 aromatic rings. The highest BCUT2D eigenvalue weighted by atomic mass is 35.5. The van der Waals surface area contributed by atoms with Gasteiger partial charge in [-0.15, -0.1) is 0 Å². The van der Waals surface area contributed by atoms with Crippen molar-refractivity contribution >= 4 is 28.9 Å². The van der Waals surface area contributed by atoms with Crippen molar-refractivity contribution in [2.24, 2.45) is 0 Å². The Morgan fingerprint density at radius 1 is 1.00 bits per heavy atom. The zero-order valence-corrected chi connectivity index (χ0v) is 14.5. The Morgan fingerprint density at radius 3 is 2.54 bits per heavy atom. The number of aromatic nitrogens is 2. The van der Waals surface area contributed by atoms with E-state index in [0.717, 1.165) is 29.7 Å². The van der Waals surface area contributed by atoms with Crippen LogP contribution >= 0.6 is 11.6 Å². The van der Waals surface area contributed by atoms with Crippen molar-refractivity contribution in [3.8, 4) is 0 Å². The number of anilines is 3. The van der Waals surface area contributed by atoms with E-state index in [1.54, 1.807) is 0 Å². The van der Waals surface area contributed by atoms with Crippen molar-refractivity contribution in [2.75, 3.05) is 17.3 Å². The maximum absolute atomic E-state index is 6.03. The minimum absolute atomic E-state index is 0.687. The van der Waals surface area contributed by atoms with Gasteiger partial charge in [0.05, 0.1) is 0 Å². The van der Waals surface area contributed by atoms with Crippen LogP contribution in [0, 0.1) is 6.92 Å². The third-order valence-electron chi connectivity index (χ3n) is 3.58. The van der Waals surface area contributed by atoms with Crippen LogP contribution in [-0.4, -0.2) is 17.0 Å². The number of benzene rings is 2. The van der Waals surface area contributed by atoms with Crippen LogP contribution in [0.25, 0.3) is 0 Å². The molecular weight excluding hydrogens is 320 g/mol. The summed E-state index contributed by atoms with van der Waals surface area (Å²) in [4.78, 5) is 11.1. The van der Waals surface area contributed by atoms with Gasteiger partial charge in [-0.05, 0) is 30.7 Å². The number of nitrogens with one attached hydrogen (secondary N) is 1. The number of halogens is 1. The first-order chi connectivity index (χ1) is 11.6. The monoisotopic (exact) mass is 338 g/mol. The molecule has 0 bridgehead atoms. The van der Waals surface area contributed by atoms with Gasteiger partial charge in [0.2, 0.25) is 0 Å². The summed E-state index contributed by atoms with van der Waals surface area (Å²) in [6.45, 7) is 2.68. The Kier molecular flexibility index (Phi) is 4.96. The van der Waals surface area contributed by atoms with E-state index in [0.29, 0.717) is 5.02 Å².